The summed E-state index contributed by atoms with van der Waals surface area (Å²) in [6, 6.07) is 24.6. The second-order valence-corrected chi connectivity index (χ2v) is 7.49. The third kappa shape index (κ3) is 5.24. The summed E-state index contributed by atoms with van der Waals surface area (Å²) in [6.45, 7) is 4.15. The molecular formula is C23H23NOS. The maximum absolute atomic E-state index is 12.3. The maximum Gasteiger partial charge on any atom is 0.228 e. The van der Waals surface area contributed by atoms with Crippen molar-refractivity contribution in [2.75, 3.05) is 5.32 Å². The number of thioether (sulfide) groups is 1. The van der Waals surface area contributed by atoms with Crippen LogP contribution in [0.3, 0.4) is 0 Å². The summed E-state index contributed by atoms with van der Waals surface area (Å²) in [4.78, 5) is 13.5. The smallest absolute Gasteiger partial charge is 0.228 e. The zero-order valence-electron chi connectivity index (χ0n) is 15.2. The minimum absolute atomic E-state index is 0.0136. The van der Waals surface area contributed by atoms with E-state index in [4.69, 9.17) is 0 Å². The fourth-order valence-corrected chi connectivity index (χ4v) is 3.55. The molecule has 1 N–H and O–H groups in total. The molecule has 2 nitrogen and oxygen atoms in total. The molecule has 26 heavy (non-hydrogen) atoms. The lowest BCUT2D eigenvalue weighted by atomic mass is 10.0. The third-order valence-electron chi connectivity index (χ3n) is 4.32. The average Bonchev–Trinajstić information content (AvgIpc) is 2.65. The summed E-state index contributed by atoms with van der Waals surface area (Å²) < 4.78 is 0. The Morgan fingerprint density at radius 2 is 1.54 bits per heavy atom. The molecule has 0 spiro atoms. The van der Waals surface area contributed by atoms with Crippen LogP contribution in [0.25, 0.3) is 0 Å². The molecule has 0 aliphatic heterocycles. The zero-order valence-corrected chi connectivity index (χ0v) is 16.0. The summed E-state index contributed by atoms with van der Waals surface area (Å²) in [5.74, 6) is 0.931. The molecule has 3 rings (SSSR count). The predicted molar refractivity (Wildman–Crippen MR) is 111 cm³/mol. The number of benzene rings is 3. The number of carbonyl (C=O) groups excluding carboxylic acids is 1. The molecule has 3 aromatic rings. The van der Waals surface area contributed by atoms with E-state index in [0.717, 1.165) is 17.0 Å². The van der Waals surface area contributed by atoms with Gasteiger partial charge in [-0.15, -0.1) is 11.8 Å². The van der Waals surface area contributed by atoms with E-state index in [2.05, 4.69) is 67.7 Å². The Morgan fingerprint density at radius 3 is 2.23 bits per heavy atom. The molecular weight excluding hydrogens is 338 g/mol. The van der Waals surface area contributed by atoms with Crippen molar-refractivity contribution in [2.24, 2.45) is 0 Å². The topological polar surface area (TPSA) is 29.1 Å². The summed E-state index contributed by atoms with van der Waals surface area (Å²) in [5.41, 5.74) is 5.59. The van der Waals surface area contributed by atoms with Gasteiger partial charge in [-0.25, -0.2) is 0 Å². The summed E-state index contributed by atoms with van der Waals surface area (Å²) in [7, 11) is 0. The van der Waals surface area contributed by atoms with Crippen LogP contribution in [0.1, 0.15) is 22.3 Å². The zero-order chi connectivity index (χ0) is 18.4. The van der Waals surface area contributed by atoms with Crippen molar-refractivity contribution in [1.82, 2.24) is 0 Å². The molecule has 1 amide bonds. The number of rotatable bonds is 6. The molecule has 0 saturated carbocycles. The first-order chi connectivity index (χ1) is 12.6. The van der Waals surface area contributed by atoms with E-state index >= 15 is 0 Å². The highest BCUT2D eigenvalue weighted by molar-refractivity contribution is 7.98. The second-order valence-electron chi connectivity index (χ2n) is 6.44. The lowest BCUT2D eigenvalue weighted by molar-refractivity contribution is -0.115. The molecule has 132 valence electrons. The van der Waals surface area contributed by atoms with Gasteiger partial charge in [0, 0.05) is 16.3 Å². The summed E-state index contributed by atoms with van der Waals surface area (Å²) in [6.07, 6.45) is 0.396. The van der Waals surface area contributed by atoms with Gasteiger partial charge in [-0.3, -0.25) is 4.79 Å². The second kappa shape index (κ2) is 8.72. The molecule has 0 aliphatic carbocycles. The van der Waals surface area contributed by atoms with E-state index in [1.54, 1.807) is 0 Å². The van der Waals surface area contributed by atoms with Crippen molar-refractivity contribution in [3.63, 3.8) is 0 Å². The number of carbonyl (C=O) groups is 1. The first kappa shape index (κ1) is 18.3. The van der Waals surface area contributed by atoms with Crippen LogP contribution < -0.4 is 5.32 Å². The van der Waals surface area contributed by atoms with Crippen molar-refractivity contribution in [3.8, 4) is 0 Å². The van der Waals surface area contributed by atoms with Crippen LogP contribution in [0.15, 0.2) is 77.7 Å². The standard InChI is InChI=1S/C23H23NOS/c1-17-8-9-20(14-18(17)2)15-23(25)24-21-12-10-19(11-13-21)16-26-22-6-4-3-5-7-22/h3-14H,15-16H2,1-2H3,(H,24,25). The number of nitrogens with one attached hydrogen (secondary N) is 1. The summed E-state index contributed by atoms with van der Waals surface area (Å²) >= 11 is 1.81. The molecule has 0 atom stereocenters. The van der Waals surface area contributed by atoms with Crippen LogP contribution in [0.2, 0.25) is 0 Å². The van der Waals surface area contributed by atoms with Crippen LogP contribution >= 0.6 is 11.8 Å². The number of amides is 1. The van der Waals surface area contributed by atoms with Crippen LogP contribution in [-0.2, 0) is 17.0 Å². The molecule has 0 unspecified atom stereocenters. The molecule has 0 aromatic heterocycles. The Bertz CT molecular complexity index is 872. The molecule has 0 fully saturated rings. The molecule has 0 aliphatic rings. The third-order valence-corrected chi connectivity index (χ3v) is 5.41. The van der Waals surface area contributed by atoms with Gasteiger partial charge in [-0.05, 0) is 60.4 Å². The SMILES string of the molecule is Cc1ccc(CC(=O)Nc2ccc(CSc3ccccc3)cc2)cc1C. The Hall–Kier alpha value is -2.52. The lowest BCUT2D eigenvalue weighted by Gasteiger charge is -2.08. The van der Waals surface area contributed by atoms with Crippen molar-refractivity contribution >= 4 is 23.4 Å². The average molecular weight is 362 g/mol. The minimum Gasteiger partial charge on any atom is -0.326 e. The summed E-state index contributed by atoms with van der Waals surface area (Å²) in [5, 5.41) is 2.98. The fourth-order valence-electron chi connectivity index (χ4n) is 2.67. The number of anilines is 1. The molecule has 0 heterocycles. The lowest BCUT2D eigenvalue weighted by Crippen LogP contribution is -2.14. The molecule has 0 bridgehead atoms. The van der Waals surface area contributed by atoms with Gasteiger partial charge in [-0.1, -0.05) is 48.5 Å². The van der Waals surface area contributed by atoms with E-state index in [1.165, 1.54) is 21.6 Å². The van der Waals surface area contributed by atoms with Gasteiger partial charge in [-0.2, -0.15) is 0 Å². The van der Waals surface area contributed by atoms with Gasteiger partial charge in [0.2, 0.25) is 5.91 Å². The Balaban J connectivity index is 1.53. The van der Waals surface area contributed by atoms with Crippen molar-refractivity contribution in [3.05, 3.63) is 95.1 Å². The van der Waals surface area contributed by atoms with Crippen molar-refractivity contribution < 1.29 is 4.79 Å². The largest absolute Gasteiger partial charge is 0.326 e. The highest BCUT2D eigenvalue weighted by atomic mass is 32.2. The fraction of sp³-hybridized carbons (Fsp3) is 0.174. The number of hydrogen-bond donors (Lipinski definition) is 1. The van der Waals surface area contributed by atoms with E-state index in [0.29, 0.717) is 6.42 Å². The minimum atomic E-state index is 0.0136. The predicted octanol–water partition coefficient (Wildman–Crippen LogP) is 5.78. The number of aryl methyl sites for hydroxylation is 2. The first-order valence-corrected chi connectivity index (χ1v) is 9.71. The highest BCUT2D eigenvalue weighted by Gasteiger charge is 2.05. The van der Waals surface area contributed by atoms with E-state index in [9.17, 15) is 4.79 Å². The van der Waals surface area contributed by atoms with Gasteiger partial charge in [0.25, 0.3) is 0 Å². The van der Waals surface area contributed by atoms with E-state index in [1.807, 2.05) is 36.0 Å². The molecule has 3 heteroatoms. The van der Waals surface area contributed by atoms with Gasteiger partial charge in [0.1, 0.15) is 0 Å². The van der Waals surface area contributed by atoms with Crippen LogP contribution in [0.5, 0.6) is 0 Å². The van der Waals surface area contributed by atoms with Gasteiger partial charge in [0.15, 0.2) is 0 Å². The monoisotopic (exact) mass is 361 g/mol. The molecule has 0 saturated heterocycles. The first-order valence-electron chi connectivity index (χ1n) is 8.73. The maximum atomic E-state index is 12.3. The Kier molecular flexibility index (Phi) is 6.13. The van der Waals surface area contributed by atoms with E-state index < -0.39 is 0 Å². The Morgan fingerprint density at radius 1 is 0.846 bits per heavy atom. The van der Waals surface area contributed by atoms with Crippen LogP contribution in [0.4, 0.5) is 5.69 Å². The van der Waals surface area contributed by atoms with Gasteiger partial charge < -0.3 is 5.32 Å². The van der Waals surface area contributed by atoms with Crippen molar-refractivity contribution in [2.45, 2.75) is 30.9 Å². The highest BCUT2D eigenvalue weighted by Crippen LogP contribution is 2.23. The molecule has 3 aromatic carbocycles. The van der Waals surface area contributed by atoms with Gasteiger partial charge in [0.05, 0.1) is 6.42 Å². The van der Waals surface area contributed by atoms with Crippen LogP contribution in [-0.4, -0.2) is 5.91 Å². The normalized spacial score (nSPS) is 10.5. The Labute approximate surface area is 159 Å². The van der Waals surface area contributed by atoms with Crippen molar-refractivity contribution in [1.29, 1.82) is 0 Å². The van der Waals surface area contributed by atoms with Gasteiger partial charge >= 0.3 is 0 Å². The quantitative estimate of drug-likeness (QED) is 0.564. The van der Waals surface area contributed by atoms with Crippen LogP contribution in [0, 0.1) is 13.8 Å². The molecule has 0 radical (unpaired) electrons. The number of hydrogen-bond acceptors (Lipinski definition) is 2. The van der Waals surface area contributed by atoms with E-state index in [-0.39, 0.29) is 5.91 Å².